The van der Waals surface area contributed by atoms with Crippen molar-refractivity contribution in [2.45, 2.75) is 43.5 Å². The van der Waals surface area contributed by atoms with E-state index in [1.807, 2.05) is 33.0 Å². The van der Waals surface area contributed by atoms with Gasteiger partial charge in [0.25, 0.3) is 0 Å². The summed E-state index contributed by atoms with van der Waals surface area (Å²) >= 11 is 0. The Labute approximate surface area is 209 Å². The molecule has 0 spiro atoms. The number of halogens is 1. The van der Waals surface area contributed by atoms with Gasteiger partial charge in [0.1, 0.15) is 0 Å². The predicted molar refractivity (Wildman–Crippen MR) is 125 cm³/mol. The largest absolute Gasteiger partial charge is 1.00 e. The Hall–Kier alpha value is -1.30. The van der Waals surface area contributed by atoms with Crippen LogP contribution in [0.5, 0.6) is 0 Å². The summed E-state index contributed by atoms with van der Waals surface area (Å²) in [5.74, 6) is -0.0657. The van der Waals surface area contributed by atoms with E-state index < -0.39 is 26.1 Å². The van der Waals surface area contributed by atoms with Gasteiger partial charge in [-0.25, -0.2) is 16.8 Å². The van der Waals surface area contributed by atoms with Crippen molar-refractivity contribution in [2.24, 2.45) is 5.92 Å². The average Bonchev–Trinajstić information content (AvgIpc) is 2.85. The molecule has 1 fully saturated rings. The number of quaternary nitrogens is 1. The molecule has 0 saturated carbocycles. The molecule has 0 amide bonds. The third-order valence-electron chi connectivity index (χ3n) is 5.95. The Balaban J connectivity index is 0.00000385. The zero-order chi connectivity index (χ0) is 23.5. The molecule has 1 aliphatic rings. The normalized spacial score (nSPS) is 19.4. The highest BCUT2D eigenvalue weighted by Crippen LogP contribution is 2.25. The van der Waals surface area contributed by atoms with Gasteiger partial charge in [0.05, 0.1) is 36.0 Å². The van der Waals surface area contributed by atoms with Gasteiger partial charge in [-0.3, -0.25) is 0 Å². The van der Waals surface area contributed by atoms with E-state index in [0.29, 0.717) is 26.2 Å². The van der Waals surface area contributed by atoms with Gasteiger partial charge in [-0.05, 0) is 44.0 Å². The highest BCUT2D eigenvalue weighted by molar-refractivity contribution is 7.89. The zero-order valence-electron chi connectivity index (χ0n) is 19.6. The van der Waals surface area contributed by atoms with Gasteiger partial charge in [0, 0.05) is 12.6 Å². The molecule has 1 atom stereocenters. The Morgan fingerprint density at radius 2 is 1.24 bits per heavy atom. The first-order chi connectivity index (χ1) is 15.0. The molecule has 1 saturated heterocycles. The van der Waals surface area contributed by atoms with Crippen LogP contribution in [-0.2, 0) is 20.0 Å². The van der Waals surface area contributed by atoms with Crippen LogP contribution in [0.25, 0.3) is 0 Å². The topological polar surface area (TPSA) is 91.4 Å². The molecular formula is C23H34BrN3O4S2. The third-order valence-corrected chi connectivity index (χ3v) is 9.77. The van der Waals surface area contributed by atoms with Gasteiger partial charge in [0.2, 0.25) is 20.0 Å². The molecule has 0 bridgehead atoms. The van der Waals surface area contributed by atoms with Crippen molar-refractivity contribution in [2.75, 3.05) is 32.7 Å². The van der Waals surface area contributed by atoms with Gasteiger partial charge in [-0.2, -0.15) is 8.61 Å². The zero-order valence-corrected chi connectivity index (χ0v) is 22.8. The van der Waals surface area contributed by atoms with Crippen LogP contribution in [0.1, 0.15) is 25.0 Å². The number of nitrogens with zero attached hydrogens (tertiary/aromatic N) is 2. The van der Waals surface area contributed by atoms with E-state index in [9.17, 15) is 16.8 Å². The van der Waals surface area contributed by atoms with Crippen LogP contribution >= 0.6 is 0 Å². The maximum Gasteiger partial charge on any atom is 0.243 e. The van der Waals surface area contributed by atoms with Crippen LogP contribution in [-0.4, -0.2) is 64.2 Å². The molecule has 2 N–H and O–H groups in total. The molecule has 7 nitrogen and oxygen atoms in total. The summed E-state index contributed by atoms with van der Waals surface area (Å²) in [6.07, 6.45) is 0. The van der Waals surface area contributed by atoms with Crippen molar-refractivity contribution in [3.05, 3.63) is 59.7 Å². The molecule has 0 aliphatic carbocycles. The van der Waals surface area contributed by atoms with Crippen LogP contribution in [0.2, 0.25) is 0 Å². The lowest BCUT2D eigenvalue weighted by Gasteiger charge is -2.35. The highest BCUT2D eigenvalue weighted by atomic mass is 79.9. The van der Waals surface area contributed by atoms with Gasteiger partial charge in [0.15, 0.2) is 0 Å². The third kappa shape index (κ3) is 6.43. The minimum absolute atomic E-state index is 0. The lowest BCUT2D eigenvalue weighted by Crippen LogP contribution is -3.00. The van der Waals surface area contributed by atoms with E-state index in [2.05, 4.69) is 0 Å². The Bertz CT molecular complexity index is 1120. The molecule has 0 aromatic heterocycles. The van der Waals surface area contributed by atoms with Gasteiger partial charge in [-0.15, -0.1) is 0 Å². The van der Waals surface area contributed by atoms with Crippen LogP contribution < -0.4 is 22.3 Å². The lowest BCUT2D eigenvalue weighted by atomic mass is 10.0. The first-order valence-corrected chi connectivity index (χ1v) is 13.9. The second-order valence-electron chi connectivity index (χ2n) is 8.78. The maximum absolute atomic E-state index is 13.6. The van der Waals surface area contributed by atoms with Crippen molar-refractivity contribution in [1.29, 1.82) is 0 Å². The first-order valence-electron chi connectivity index (χ1n) is 11.0. The fourth-order valence-electron chi connectivity index (χ4n) is 3.92. The molecule has 3 rings (SSSR count). The second kappa shape index (κ2) is 11.4. The molecule has 2 aromatic rings. The monoisotopic (exact) mass is 559 g/mol. The number of aryl methyl sites for hydroxylation is 2. The Morgan fingerprint density at radius 1 is 0.788 bits per heavy atom. The molecule has 0 unspecified atom stereocenters. The van der Waals surface area contributed by atoms with E-state index >= 15 is 0 Å². The molecule has 184 valence electrons. The van der Waals surface area contributed by atoms with E-state index in [1.165, 1.54) is 8.61 Å². The minimum Gasteiger partial charge on any atom is -1.00 e. The molecule has 1 aliphatic heterocycles. The molecule has 10 heteroatoms. The summed E-state index contributed by atoms with van der Waals surface area (Å²) in [5, 5.41) is 1.98. The van der Waals surface area contributed by atoms with Crippen molar-refractivity contribution < 1.29 is 39.1 Å². The number of benzene rings is 2. The van der Waals surface area contributed by atoms with E-state index in [-0.39, 0.29) is 39.2 Å². The molecule has 1 heterocycles. The highest BCUT2D eigenvalue weighted by Gasteiger charge is 2.38. The summed E-state index contributed by atoms with van der Waals surface area (Å²) < 4.78 is 57.0. The summed E-state index contributed by atoms with van der Waals surface area (Å²) in [7, 11) is -7.52. The number of hydrogen-bond donors (Lipinski definition) is 1. The fraction of sp³-hybridized carbons (Fsp3) is 0.478. The van der Waals surface area contributed by atoms with E-state index in [4.69, 9.17) is 0 Å². The Morgan fingerprint density at radius 3 is 1.73 bits per heavy atom. The number of rotatable bonds is 5. The molecule has 33 heavy (non-hydrogen) atoms. The summed E-state index contributed by atoms with van der Waals surface area (Å²) in [4.78, 5) is 0.471. The van der Waals surface area contributed by atoms with Crippen molar-refractivity contribution in [3.8, 4) is 0 Å². The van der Waals surface area contributed by atoms with Crippen molar-refractivity contribution in [1.82, 2.24) is 8.61 Å². The summed E-state index contributed by atoms with van der Waals surface area (Å²) in [6.45, 7) is 9.65. The SMILES string of the molecule is Cc1ccc(S(=O)(=O)N2CC[NH2+]CCN(S(=O)(=O)c3ccc(C)cc3)[C@@H](C(C)C)C2)cc1.[Br-]. The fourth-order valence-corrected chi connectivity index (χ4v) is 7.16. The molecule has 0 radical (unpaired) electrons. The lowest BCUT2D eigenvalue weighted by molar-refractivity contribution is -0.652. The summed E-state index contributed by atoms with van der Waals surface area (Å²) in [6, 6.07) is 13.1. The Kier molecular flexibility index (Phi) is 9.67. The number of hydrogen-bond acceptors (Lipinski definition) is 4. The predicted octanol–water partition coefficient (Wildman–Crippen LogP) is -1.41. The maximum atomic E-state index is 13.6. The van der Waals surface area contributed by atoms with E-state index in [0.717, 1.165) is 11.1 Å². The van der Waals surface area contributed by atoms with Crippen molar-refractivity contribution >= 4 is 20.0 Å². The van der Waals surface area contributed by atoms with E-state index in [1.54, 1.807) is 48.5 Å². The van der Waals surface area contributed by atoms with Crippen LogP contribution in [0.4, 0.5) is 0 Å². The van der Waals surface area contributed by atoms with Gasteiger partial charge in [-0.1, -0.05) is 49.2 Å². The molecular weight excluding hydrogens is 526 g/mol. The van der Waals surface area contributed by atoms with Crippen molar-refractivity contribution in [3.63, 3.8) is 0 Å². The van der Waals surface area contributed by atoms with Gasteiger partial charge < -0.3 is 22.3 Å². The van der Waals surface area contributed by atoms with Crippen LogP contribution in [0, 0.1) is 19.8 Å². The van der Waals surface area contributed by atoms with Gasteiger partial charge >= 0.3 is 0 Å². The number of nitrogens with two attached hydrogens (primary N) is 1. The molecule has 2 aromatic carbocycles. The van der Waals surface area contributed by atoms with Crippen LogP contribution in [0.15, 0.2) is 58.3 Å². The van der Waals surface area contributed by atoms with Crippen LogP contribution in [0.3, 0.4) is 0 Å². The smallest absolute Gasteiger partial charge is 0.243 e. The standard InChI is InChI=1S/C23H33N3O4S2.BrH/c1-18(2)23-17-25(31(27,28)21-9-5-19(3)6-10-21)15-13-24-14-16-26(23)32(29,30)22-11-7-20(4)8-12-22;/h5-12,18,23-24H,13-17H2,1-4H3;1H/t23-;/m1./s1. The quantitative estimate of drug-likeness (QED) is 0.487. The summed E-state index contributed by atoms with van der Waals surface area (Å²) in [5.41, 5.74) is 1.97. The first kappa shape index (κ1) is 27.9. The number of sulfonamides is 2. The average molecular weight is 561 g/mol. The second-order valence-corrected chi connectivity index (χ2v) is 12.6. The minimum atomic E-state index is -3.78.